The van der Waals surface area contributed by atoms with E-state index in [1.807, 2.05) is 38.1 Å². The monoisotopic (exact) mass is 811 g/mol. The van der Waals surface area contributed by atoms with Crippen LogP contribution in [-0.2, 0) is 35.6 Å². The van der Waals surface area contributed by atoms with Gasteiger partial charge in [0.15, 0.2) is 0 Å². The smallest absolute Gasteiger partial charge is 0.407 e. The average molecular weight is 812 g/mol. The quantitative estimate of drug-likeness (QED) is 0.287. The standard InChI is InChI=1S/C41H54ClN5O8S/c1-5-41(36(50)46-56(52,53)39(4)20-21-39)16-11-9-7-6-8-10-12-31(44-37(51)54-25-38(3)18-19-38)35(49)47-24-40(23-32(47)34(48)45-41)17-15-28-29-22-27(42)13-14-30(29)43-26(2)33(28)55-40/h9,11,13-14,22,31-32H,5-8,10,12,15-21,23-25H2,1-4H3,(H,44,51)(H,45,48)(H,46,50). The molecule has 4 heterocycles. The summed E-state index contributed by atoms with van der Waals surface area (Å²) in [5, 5.41) is 7.24. The van der Waals surface area contributed by atoms with E-state index in [-0.39, 0.29) is 37.8 Å². The SMILES string of the molecule is CCC1(C(=O)NS(=O)(=O)C2(C)CC2)CC=CCCCCCC(NC(=O)OCC2(C)CC2)C(=O)N2CC3(CCc4c(c(C)nc5ccc(Cl)cc45)O3)CC2C(=O)N1. The molecule has 4 atom stereocenters. The van der Waals surface area contributed by atoms with Crippen LogP contribution in [-0.4, -0.2) is 83.2 Å². The zero-order chi connectivity index (χ0) is 40.1. The summed E-state index contributed by atoms with van der Waals surface area (Å²) in [6.07, 6.45) is 10.4. The van der Waals surface area contributed by atoms with Crippen LogP contribution in [0.25, 0.3) is 10.9 Å². The van der Waals surface area contributed by atoms with Crippen LogP contribution < -0.4 is 20.1 Å². The van der Waals surface area contributed by atoms with E-state index in [0.29, 0.717) is 61.4 Å². The number of alkyl carbamates (subject to hydrolysis) is 1. The van der Waals surface area contributed by atoms with Crippen LogP contribution in [0, 0.1) is 12.3 Å². The van der Waals surface area contributed by atoms with E-state index in [4.69, 9.17) is 26.1 Å². The van der Waals surface area contributed by atoms with Crippen molar-refractivity contribution < 1.29 is 37.1 Å². The van der Waals surface area contributed by atoms with E-state index in [0.717, 1.165) is 42.1 Å². The van der Waals surface area contributed by atoms with Gasteiger partial charge in [-0.2, -0.15) is 0 Å². The number of aryl methyl sites for hydroxylation is 2. The van der Waals surface area contributed by atoms with Gasteiger partial charge in [-0.25, -0.2) is 18.2 Å². The second-order valence-corrected chi connectivity index (χ2v) is 20.0. The Labute approximate surface area is 334 Å². The van der Waals surface area contributed by atoms with Crippen LogP contribution in [0.15, 0.2) is 30.4 Å². The van der Waals surface area contributed by atoms with Gasteiger partial charge >= 0.3 is 6.09 Å². The van der Waals surface area contributed by atoms with Crippen LogP contribution in [0.2, 0.25) is 5.02 Å². The number of fused-ring (bicyclic) bond motifs is 4. The molecule has 3 fully saturated rings. The highest BCUT2D eigenvalue weighted by atomic mass is 35.5. The molecule has 5 aliphatic rings. The highest BCUT2D eigenvalue weighted by molar-refractivity contribution is 7.91. The third-order valence-electron chi connectivity index (χ3n) is 12.8. The average Bonchev–Trinajstić information content (AvgIpc) is 4.07. The molecule has 15 heteroatoms. The number of pyridine rings is 1. The van der Waals surface area contributed by atoms with Gasteiger partial charge in [0.1, 0.15) is 29.0 Å². The van der Waals surface area contributed by atoms with E-state index in [2.05, 4.69) is 15.4 Å². The number of nitrogens with zero attached hydrogens (tertiary/aromatic N) is 2. The summed E-state index contributed by atoms with van der Waals surface area (Å²) < 4.78 is 40.3. The topological polar surface area (TPSA) is 173 Å². The minimum absolute atomic E-state index is 0.0413. The number of allylic oxidation sites excluding steroid dienone is 1. The molecule has 2 aliphatic carbocycles. The lowest BCUT2D eigenvalue weighted by atomic mass is 9.86. The molecule has 1 aromatic heterocycles. The molecule has 0 radical (unpaired) electrons. The molecule has 1 saturated heterocycles. The maximum atomic E-state index is 14.8. The summed E-state index contributed by atoms with van der Waals surface area (Å²) in [7, 11) is -4.02. The Morgan fingerprint density at radius 1 is 1.09 bits per heavy atom. The number of benzene rings is 1. The number of nitrogens with one attached hydrogen (secondary N) is 3. The first-order valence-corrected chi connectivity index (χ1v) is 21.9. The van der Waals surface area contributed by atoms with Crippen molar-refractivity contribution >= 4 is 56.3 Å². The van der Waals surface area contributed by atoms with Gasteiger partial charge < -0.3 is 25.0 Å². The Hall–Kier alpha value is -3.91. The molecular formula is C41H54ClN5O8S. The summed E-state index contributed by atoms with van der Waals surface area (Å²) in [6.45, 7) is 7.53. The van der Waals surface area contributed by atoms with E-state index in [9.17, 15) is 27.6 Å². The van der Waals surface area contributed by atoms with E-state index in [1.54, 1.807) is 19.9 Å². The first-order chi connectivity index (χ1) is 26.5. The van der Waals surface area contributed by atoms with Gasteiger partial charge in [-0.3, -0.25) is 19.1 Å². The van der Waals surface area contributed by atoms with E-state index < -0.39 is 61.8 Å². The van der Waals surface area contributed by atoms with Crippen LogP contribution in [0.1, 0.15) is 115 Å². The van der Waals surface area contributed by atoms with Crippen LogP contribution in [0.5, 0.6) is 5.75 Å². The highest BCUT2D eigenvalue weighted by Crippen LogP contribution is 2.46. The normalized spacial score (nSPS) is 28.6. The van der Waals surface area contributed by atoms with Gasteiger partial charge in [0.25, 0.3) is 5.91 Å². The van der Waals surface area contributed by atoms with Gasteiger partial charge in [-0.1, -0.05) is 50.4 Å². The van der Waals surface area contributed by atoms with Gasteiger partial charge in [-0.05, 0) is 103 Å². The Balaban J connectivity index is 1.23. The molecule has 1 aromatic carbocycles. The van der Waals surface area contributed by atoms with Crippen molar-refractivity contribution in [2.24, 2.45) is 5.41 Å². The van der Waals surface area contributed by atoms with Gasteiger partial charge in [0.05, 0.1) is 29.1 Å². The number of carbonyl (C=O) groups excluding carboxylic acids is 4. The molecule has 4 amide bonds. The lowest BCUT2D eigenvalue weighted by molar-refractivity contribution is -0.142. The lowest BCUT2D eigenvalue weighted by Crippen LogP contribution is -2.63. The first kappa shape index (κ1) is 40.3. The first-order valence-electron chi connectivity index (χ1n) is 20.1. The van der Waals surface area contributed by atoms with Crippen molar-refractivity contribution in [2.75, 3.05) is 13.2 Å². The highest BCUT2D eigenvalue weighted by Gasteiger charge is 2.56. The molecule has 56 heavy (non-hydrogen) atoms. The number of sulfonamides is 1. The number of ether oxygens (including phenoxy) is 2. The second kappa shape index (κ2) is 15.1. The summed E-state index contributed by atoms with van der Waals surface area (Å²) in [6, 6.07) is 3.44. The molecule has 3 N–H and O–H groups in total. The second-order valence-electron chi connectivity index (χ2n) is 17.3. The van der Waals surface area contributed by atoms with Crippen LogP contribution in [0.4, 0.5) is 4.79 Å². The van der Waals surface area contributed by atoms with Gasteiger partial charge in [-0.15, -0.1) is 0 Å². The summed E-state index contributed by atoms with van der Waals surface area (Å²) in [5.74, 6) is -1.29. The summed E-state index contributed by atoms with van der Waals surface area (Å²) in [5.41, 5.74) is -0.271. The van der Waals surface area contributed by atoms with E-state index >= 15 is 0 Å². The third kappa shape index (κ3) is 8.10. The molecule has 304 valence electrons. The predicted molar refractivity (Wildman–Crippen MR) is 212 cm³/mol. The Bertz CT molecular complexity index is 2070. The van der Waals surface area contributed by atoms with Gasteiger partial charge in [0.2, 0.25) is 21.8 Å². The van der Waals surface area contributed by atoms with Crippen molar-refractivity contribution in [3.05, 3.63) is 46.6 Å². The molecule has 1 spiro atoms. The van der Waals surface area contributed by atoms with Crippen molar-refractivity contribution in [1.82, 2.24) is 25.2 Å². The fourth-order valence-corrected chi connectivity index (χ4v) is 9.72. The largest absolute Gasteiger partial charge is 0.483 e. The fraction of sp³-hybridized carbons (Fsp3) is 0.634. The summed E-state index contributed by atoms with van der Waals surface area (Å²) in [4.78, 5) is 63.1. The lowest BCUT2D eigenvalue weighted by Gasteiger charge is -2.36. The van der Waals surface area contributed by atoms with Crippen LogP contribution in [0.3, 0.4) is 0 Å². The van der Waals surface area contributed by atoms with E-state index in [1.165, 1.54) is 4.90 Å². The zero-order valence-electron chi connectivity index (χ0n) is 32.8. The molecule has 0 bridgehead atoms. The molecular weight excluding hydrogens is 758 g/mol. The number of amides is 4. The summed E-state index contributed by atoms with van der Waals surface area (Å²) >= 11 is 6.40. The maximum Gasteiger partial charge on any atom is 0.407 e. The number of hydrogen-bond acceptors (Lipinski definition) is 9. The number of halogens is 1. The third-order valence-corrected chi connectivity index (χ3v) is 15.2. The van der Waals surface area contributed by atoms with Crippen molar-refractivity contribution in [3.8, 4) is 5.75 Å². The maximum absolute atomic E-state index is 14.8. The zero-order valence-corrected chi connectivity index (χ0v) is 34.4. The number of hydrogen-bond donors (Lipinski definition) is 3. The fourth-order valence-electron chi connectivity index (χ4n) is 8.22. The van der Waals surface area contributed by atoms with Crippen molar-refractivity contribution in [1.29, 1.82) is 0 Å². The van der Waals surface area contributed by atoms with Crippen LogP contribution >= 0.6 is 11.6 Å². The molecule has 13 nitrogen and oxygen atoms in total. The molecule has 2 saturated carbocycles. The van der Waals surface area contributed by atoms with Gasteiger partial charge in [0, 0.05) is 27.8 Å². The molecule has 4 unspecified atom stereocenters. The Morgan fingerprint density at radius 2 is 1.86 bits per heavy atom. The number of carbonyl (C=O) groups is 4. The number of rotatable bonds is 7. The Kier molecular flexibility index (Phi) is 10.9. The Morgan fingerprint density at radius 3 is 2.57 bits per heavy atom. The predicted octanol–water partition coefficient (Wildman–Crippen LogP) is 5.93. The molecule has 7 rings (SSSR count). The minimum Gasteiger partial charge on any atom is -0.483 e. The molecule has 3 aliphatic heterocycles. The molecule has 2 aromatic rings. The minimum atomic E-state index is -4.02. The van der Waals surface area contributed by atoms with Crippen molar-refractivity contribution in [2.45, 2.75) is 146 Å². The van der Waals surface area contributed by atoms with Crippen molar-refractivity contribution in [3.63, 3.8) is 0 Å². The number of aromatic nitrogens is 1.